The van der Waals surface area contributed by atoms with E-state index in [-0.39, 0.29) is 11.7 Å². The molecule has 3 rings (SSSR count). The molecule has 0 amide bonds. The first kappa shape index (κ1) is 8.97. The Labute approximate surface area is 88.4 Å². The van der Waals surface area contributed by atoms with Crippen LogP contribution in [0.4, 0.5) is 5.69 Å². The van der Waals surface area contributed by atoms with E-state index in [1.807, 2.05) is 6.07 Å². The summed E-state index contributed by atoms with van der Waals surface area (Å²) >= 11 is 0. The first-order valence-corrected chi connectivity index (χ1v) is 5.50. The van der Waals surface area contributed by atoms with E-state index >= 15 is 0 Å². The number of nitrogen functional groups attached to an aromatic ring is 1. The minimum absolute atomic E-state index is 0.276. The average molecular weight is 205 g/mol. The number of nitrogens with zero attached hydrogens (tertiary/aromatic N) is 1. The van der Waals surface area contributed by atoms with Crippen molar-refractivity contribution in [2.75, 3.05) is 12.3 Å². The Balaban J connectivity index is 2.03. The first-order chi connectivity index (χ1) is 7.27. The van der Waals surface area contributed by atoms with Crippen molar-refractivity contribution in [3.63, 3.8) is 0 Å². The molecule has 0 radical (unpaired) electrons. The highest BCUT2D eigenvalue weighted by molar-refractivity contribution is 5.99. The second-order valence-corrected chi connectivity index (χ2v) is 4.40. The molecule has 1 aromatic heterocycles. The van der Waals surface area contributed by atoms with Crippen LogP contribution in [0.15, 0.2) is 6.07 Å². The molecule has 4 heteroatoms. The van der Waals surface area contributed by atoms with Gasteiger partial charge in [-0.05, 0) is 18.9 Å². The van der Waals surface area contributed by atoms with Gasteiger partial charge in [0.15, 0.2) is 5.78 Å². The van der Waals surface area contributed by atoms with Gasteiger partial charge in [-0.2, -0.15) is 0 Å². The van der Waals surface area contributed by atoms with Gasteiger partial charge in [0.2, 0.25) is 0 Å². The van der Waals surface area contributed by atoms with E-state index in [4.69, 9.17) is 5.73 Å². The molecule has 15 heavy (non-hydrogen) atoms. The number of ketones is 1. The molecule has 0 spiro atoms. The fourth-order valence-electron chi connectivity index (χ4n) is 2.22. The van der Waals surface area contributed by atoms with E-state index in [2.05, 4.69) is 9.88 Å². The van der Waals surface area contributed by atoms with Gasteiger partial charge in [0.05, 0.1) is 17.1 Å². The zero-order valence-corrected chi connectivity index (χ0v) is 8.62. The maximum Gasteiger partial charge on any atom is 0.182 e. The van der Waals surface area contributed by atoms with Crippen LogP contribution in [0.2, 0.25) is 0 Å². The van der Waals surface area contributed by atoms with Gasteiger partial charge in [-0.25, -0.2) is 0 Å². The molecule has 1 fully saturated rings. The number of anilines is 1. The SMILES string of the molecule is Nc1cc(C(=O)C2CC2)n2c1CNCC2. The highest BCUT2D eigenvalue weighted by Crippen LogP contribution is 2.34. The lowest BCUT2D eigenvalue weighted by Crippen LogP contribution is -2.30. The normalized spacial score (nSPS) is 20.0. The van der Waals surface area contributed by atoms with Crippen LogP contribution in [-0.2, 0) is 13.1 Å². The number of aromatic nitrogens is 1. The molecule has 0 saturated heterocycles. The van der Waals surface area contributed by atoms with Crippen LogP contribution in [0.5, 0.6) is 0 Å². The number of nitrogens with two attached hydrogens (primary N) is 1. The lowest BCUT2D eigenvalue weighted by atomic mass is 10.2. The van der Waals surface area contributed by atoms with Crippen LogP contribution >= 0.6 is 0 Å². The van der Waals surface area contributed by atoms with Crippen molar-refractivity contribution in [1.82, 2.24) is 9.88 Å². The van der Waals surface area contributed by atoms with Crippen molar-refractivity contribution in [2.24, 2.45) is 5.92 Å². The Kier molecular flexibility index (Phi) is 1.85. The molecule has 0 aromatic carbocycles. The predicted octanol–water partition coefficient (Wildman–Crippen LogP) is 0.766. The van der Waals surface area contributed by atoms with Crippen LogP contribution in [-0.4, -0.2) is 16.9 Å². The number of fused-ring (bicyclic) bond motifs is 1. The van der Waals surface area contributed by atoms with Gasteiger partial charge in [0.1, 0.15) is 0 Å². The largest absolute Gasteiger partial charge is 0.397 e. The molecular formula is C11H15N3O. The van der Waals surface area contributed by atoms with Crippen molar-refractivity contribution in [3.8, 4) is 0 Å². The molecule has 1 saturated carbocycles. The minimum atomic E-state index is 0.276. The van der Waals surface area contributed by atoms with E-state index < -0.39 is 0 Å². The molecular weight excluding hydrogens is 190 g/mol. The van der Waals surface area contributed by atoms with Crippen LogP contribution in [0.25, 0.3) is 0 Å². The summed E-state index contributed by atoms with van der Waals surface area (Å²) < 4.78 is 2.09. The third-order valence-corrected chi connectivity index (χ3v) is 3.25. The summed E-state index contributed by atoms with van der Waals surface area (Å²) in [7, 11) is 0. The number of carbonyl (C=O) groups is 1. The van der Waals surface area contributed by atoms with Gasteiger partial charge in [0, 0.05) is 25.6 Å². The molecule has 80 valence electrons. The van der Waals surface area contributed by atoms with Gasteiger partial charge < -0.3 is 15.6 Å². The summed E-state index contributed by atoms with van der Waals surface area (Å²) in [6.07, 6.45) is 2.11. The van der Waals surface area contributed by atoms with Crippen LogP contribution < -0.4 is 11.1 Å². The van der Waals surface area contributed by atoms with Gasteiger partial charge in [-0.3, -0.25) is 4.79 Å². The number of rotatable bonds is 2. The lowest BCUT2D eigenvalue weighted by molar-refractivity contribution is 0.0957. The van der Waals surface area contributed by atoms with Crippen molar-refractivity contribution in [3.05, 3.63) is 17.5 Å². The number of carbonyl (C=O) groups excluding carboxylic acids is 1. The van der Waals surface area contributed by atoms with Crippen molar-refractivity contribution in [2.45, 2.75) is 25.9 Å². The Hall–Kier alpha value is -1.29. The molecule has 0 bridgehead atoms. The fourth-order valence-corrected chi connectivity index (χ4v) is 2.22. The average Bonchev–Trinajstić information content (AvgIpc) is 3.04. The first-order valence-electron chi connectivity index (χ1n) is 5.50. The Morgan fingerprint density at radius 2 is 2.33 bits per heavy atom. The number of nitrogens with one attached hydrogen (secondary N) is 1. The topological polar surface area (TPSA) is 60.1 Å². The zero-order valence-electron chi connectivity index (χ0n) is 8.62. The zero-order chi connectivity index (χ0) is 10.4. The molecule has 3 N–H and O–H groups in total. The molecule has 0 unspecified atom stereocenters. The monoisotopic (exact) mass is 205 g/mol. The van der Waals surface area contributed by atoms with Crippen LogP contribution in [0.3, 0.4) is 0 Å². The van der Waals surface area contributed by atoms with Crippen LogP contribution in [0, 0.1) is 5.92 Å². The number of hydrogen-bond donors (Lipinski definition) is 2. The van der Waals surface area contributed by atoms with Crippen molar-refractivity contribution < 1.29 is 4.79 Å². The number of Topliss-reactive ketones (excluding diaryl/α,β-unsaturated/α-hetero) is 1. The molecule has 0 atom stereocenters. The third kappa shape index (κ3) is 1.36. The standard InChI is InChI=1S/C11H15N3O/c12-8-5-9(11(15)7-1-2-7)14-4-3-13-6-10(8)14/h5,7,13H,1-4,6,12H2. The van der Waals surface area contributed by atoms with Crippen molar-refractivity contribution >= 4 is 11.5 Å². The van der Waals surface area contributed by atoms with E-state index in [0.717, 1.165) is 49.6 Å². The molecule has 2 aliphatic rings. The maximum absolute atomic E-state index is 12.0. The van der Waals surface area contributed by atoms with E-state index in [9.17, 15) is 4.79 Å². The molecule has 2 heterocycles. The Morgan fingerprint density at radius 3 is 3.07 bits per heavy atom. The third-order valence-electron chi connectivity index (χ3n) is 3.25. The Morgan fingerprint density at radius 1 is 1.53 bits per heavy atom. The Bertz CT molecular complexity index is 418. The quantitative estimate of drug-likeness (QED) is 0.701. The summed E-state index contributed by atoms with van der Waals surface area (Å²) in [5, 5.41) is 3.27. The molecule has 1 aliphatic carbocycles. The minimum Gasteiger partial charge on any atom is -0.397 e. The second kappa shape index (κ2) is 3.10. The predicted molar refractivity (Wildman–Crippen MR) is 57.6 cm³/mol. The van der Waals surface area contributed by atoms with Gasteiger partial charge in [-0.1, -0.05) is 0 Å². The smallest absolute Gasteiger partial charge is 0.182 e. The highest BCUT2D eigenvalue weighted by atomic mass is 16.1. The summed E-state index contributed by atoms with van der Waals surface area (Å²) in [5.74, 6) is 0.563. The summed E-state index contributed by atoms with van der Waals surface area (Å²) in [6, 6.07) is 1.85. The van der Waals surface area contributed by atoms with Gasteiger partial charge in [-0.15, -0.1) is 0 Å². The molecule has 4 nitrogen and oxygen atoms in total. The summed E-state index contributed by atoms with van der Waals surface area (Å²) in [6.45, 7) is 2.57. The second-order valence-electron chi connectivity index (χ2n) is 4.40. The summed E-state index contributed by atoms with van der Waals surface area (Å²) in [4.78, 5) is 12.0. The fraction of sp³-hybridized carbons (Fsp3) is 0.545. The van der Waals surface area contributed by atoms with E-state index in [1.54, 1.807) is 0 Å². The molecule has 1 aliphatic heterocycles. The summed E-state index contributed by atoms with van der Waals surface area (Å²) in [5.41, 5.74) is 8.56. The maximum atomic E-state index is 12.0. The van der Waals surface area contributed by atoms with Gasteiger partial charge in [0.25, 0.3) is 0 Å². The number of hydrogen-bond acceptors (Lipinski definition) is 3. The molecule has 1 aromatic rings. The van der Waals surface area contributed by atoms with E-state index in [0.29, 0.717) is 0 Å². The van der Waals surface area contributed by atoms with Crippen molar-refractivity contribution in [1.29, 1.82) is 0 Å². The highest BCUT2D eigenvalue weighted by Gasteiger charge is 2.33. The van der Waals surface area contributed by atoms with Crippen LogP contribution in [0.1, 0.15) is 29.0 Å². The van der Waals surface area contributed by atoms with Gasteiger partial charge >= 0.3 is 0 Å². The van der Waals surface area contributed by atoms with E-state index in [1.165, 1.54) is 0 Å². The lowest BCUT2D eigenvalue weighted by Gasteiger charge is -2.19.